The smallest absolute Gasteiger partial charge is 0.246 e. The second kappa shape index (κ2) is 8.11. The minimum absolute atomic E-state index is 0.0200. The highest BCUT2D eigenvalue weighted by Crippen LogP contribution is 2.19. The molecule has 5 heteroatoms. The zero-order valence-corrected chi connectivity index (χ0v) is 14.4. The molecular formula is C19H26N2O3. The van der Waals surface area contributed by atoms with Crippen LogP contribution in [-0.4, -0.2) is 47.1 Å². The van der Waals surface area contributed by atoms with Gasteiger partial charge in [-0.1, -0.05) is 30.3 Å². The van der Waals surface area contributed by atoms with Crippen LogP contribution >= 0.6 is 0 Å². The van der Waals surface area contributed by atoms with E-state index in [2.05, 4.69) is 5.32 Å². The van der Waals surface area contributed by atoms with Crippen molar-refractivity contribution in [1.82, 2.24) is 10.2 Å². The van der Waals surface area contributed by atoms with Crippen molar-refractivity contribution in [3.8, 4) is 0 Å². The summed E-state index contributed by atoms with van der Waals surface area (Å²) in [5.74, 6) is -0.160. The molecule has 2 amide bonds. The highest BCUT2D eigenvalue weighted by Gasteiger charge is 2.29. The average Bonchev–Trinajstić information content (AvgIpc) is 2.60. The highest BCUT2D eigenvalue weighted by molar-refractivity contribution is 5.92. The molecule has 1 saturated heterocycles. The van der Waals surface area contributed by atoms with Crippen molar-refractivity contribution in [1.29, 1.82) is 0 Å². The average molecular weight is 330 g/mol. The van der Waals surface area contributed by atoms with E-state index in [0.29, 0.717) is 25.9 Å². The molecule has 2 N–H and O–H groups in total. The molecule has 0 aromatic heterocycles. The fourth-order valence-electron chi connectivity index (χ4n) is 2.67. The zero-order chi connectivity index (χ0) is 17.6. The maximum atomic E-state index is 12.2. The Hall–Kier alpha value is -2.14. The van der Waals surface area contributed by atoms with E-state index in [1.165, 1.54) is 0 Å². The lowest BCUT2D eigenvalue weighted by Gasteiger charge is -2.33. The van der Waals surface area contributed by atoms with Crippen LogP contribution in [0.15, 0.2) is 36.4 Å². The molecule has 130 valence electrons. The van der Waals surface area contributed by atoms with Gasteiger partial charge in [-0.25, -0.2) is 0 Å². The molecule has 0 aliphatic carbocycles. The molecule has 1 aromatic rings. The van der Waals surface area contributed by atoms with E-state index in [0.717, 1.165) is 5.56 Å². The van der Waals surface area contributed by atoms with Crippen molar-refractivity contribution >= 4 is 17.9 Å². The van der Waals surface area contributed by atoms with Gasteiger partial charge in [0.25, 0.3) is 0 Å². The number of benzene rings is 1. The minimum Gasteiger partial charge on any atom is -0.394 e. The van der Waals surface area contributed by atoms with Crippen LogP contribution in [-0.2, 0) is 9.59 Å². The zero-order valence-electron chi connectivity index (χ0n) is 14.4. The van der Waals surface area contributed by atoms with Gasteiger partial charge in [-0.3, -0.25) is 9.59 Å². The van der Waals surface area contributed by atoms with Gasteiger partial charge in [0.05, 0.1) is 12.1 Å². The summed E-state index contributed by atoms with van der Waals surface area (Å²) in [6.07, 6.45) is 4.70. The number of nitrogens with one attached hydrogen (secondary N) is 1. The van der Waals surface area contributed by atoms with Crippen molar-refractivity contribution in [3.63, 3.8) is 0 Å². The molecule has 1 heterocycles. The summed E-state index contributed by atoms with van der Waals surface area (Å²) in [7, 11) is 0. The van der Waals surface area contributed by atoms with E-state index in [9.17, 15) is 14.7 Å². The van der Waals surface area contributed by atoms with E-state index in [-0.39, 0.29) is 24.3 Å². The molecule has 0 atom stereocenters. The van der Waals surface area contributed by atoms with Crippen molar-refractivity contribution < 1.29 is 14.7 Å². The van der Waals surface area contributed by atoms with Crippen molar-refractivity contribution in [2.45, 2.75) is 32.2 Å². The molecule has 1 aliphatic heterocycles. The minimum atomic E-state index is -0.609. The first-order chi connectivity index (χ1) is 11.4. The van der Waals surface area contributed by atoms with Gasteiger partial charge in [-0.05, 0) is 38.3 Å². The van der Waals surface area contributed by atoms with Gasteiger partial charge in [0.2, 0.25) is 11.8 Å². The van der Waals surface area contributed by atoms with Crippen LogP contribution in [0.2, 0.25) is 0 Å². The van der Waals surface area contributed by atoms with E-state index < -0.39 is 5.54 Å². The maximum absolute atomic E-state index is 12.2. The number of aliphatic hydroxyl groups excluding tert-OH is 1. The topological polar surface area (TPSA) is 69.6 Å². The molecule has 0 unspecified atom stereocenters. The van der Waals surface area contributed by atoms with Crippen LogP contribution in [0, 0.1) is 5.92 Å². The lowest BCUT2D eigenvalue weighted by atomic mass is 9.94. The van der Waals surface area contributed by atoms with Crippen LogP contribution in [0.1, 0.15) is 32.3 Å². The van der Waals surface area contributed by atoms with E-state index in [4.69, 9.17) is 0 Å². The Bertz CT molecular complexity index is 588. The summed E-state index contributed by atoms with van der Waals surface area (Å²) in [5, 5.41) is 12.1. The van der Waals surface area contributed by atoms with Gasteiger partial charge < -0.3 is 15.3 Å². The molecule has 0 spiro atoms. The molecular weight excluding hydrogens is 304 g/mol. The van der Waals surface area contributed by atoms with E-state index >= 15 is 0 Å². The Morgan fingerprint density at radius 2 is 1.88 bits per heavy atom. The normalized spacial score (nSPS) is 16.4. The van der Waals surface area contributed by atoms with Crippen LogP contribution < -0.4 is 5.32 Å². The van der Waals surface area contributed by atoms with Gasteiger partial charge in [-0.15, -0.1) is 0 Å². The van der Waals surface area contributed by atoms with Crippen LogP contribution in [0.5, 0.6) is 0 Å². The number of hydrogen-bond acceptors (Lipinski definition) is 3. The van der Waals surface area contributed by atoms with Gasteiger partial charge >= 0.3 is 0 Å². The summed E-state index contributed by atoms with van der Waals surface area (Å²) in [4.78, 5) is 26.2. The third-order valence-electron chi connectivity index (χ3n) is 4.25. The maximum Gasteiger partial charge on any atom is 0.246 e. The number of nitrogens with zero attached hydrogens (tertiary/aromatic N) is 1. The molecule has 1 fully saturated rings. The Morgan fingerprint density at radius 1 is 1.25 bits per heavy atom. The lowest BCUT2D eigenvalue weighted by molar-refractivity contribution is -0.133. The molecule has 1 aromatic carbocycles. The van der Waals surface area contributed by atoms with Crippen LogP contribution in [0.25, 0.3) is 6.08 Å². The molecule has 0 radical (unpaired) electrons. The van der Waals surface area contributed by atoms with Crippen molar-refractivity contribution in [3.05, 3.63) is 42.0 Å². The second-order valence-electron chi connectivity index (χ2n) is 6.87. The Kier molecular flexibility index (Phi) is 6.15. The van der Waals surface area contributed by atoms with E-state index in [1.807, 2.05) is 36.4 Å². The molecule has 5 nitrogen and oxygen atoms in total. The number of amides is 2. The Morgan fingerprint density at radius 3 is 2.46 bits per heavy atom. The van der Waals surface area contributed by atoms with Gasteiger partial charge in [0.1, 0.15) is 0 Å². The number of hydrogen-bond donors (Lipinski definition) is 2. The van der Waals surface area contributed by atoms with Gasteiger partial charge in [-0.2, -0.15) is 0 Å². The van der Waals surface area contributed by atoms with Crippen molar-refractivity contribution in [2.75, 3.05) is 19.7 Å². The largest absolute Gasteiger partial charge is 0.394 e. The summed E-state index contributed by atoms with van der Waals surface area (Å²) >= 11 is 0. The molecule has 24 heavy (non-hydrogen) atoms. The predicted molar refractivity (Wildman–Crippen MR) is 94.1 cm³/mol. The quantitative estimate of drug-likeness (QED) is 0.809. The predicted octanol–water partition coefficient (Wildman–Crippen LogP) is 1.83. The summed E-state index contributed by atoms with van der Waals surface area (Å²) < 4.78 is 0. The standard InChI is InChI=1S/C19H26N2O3/c1-19(2,14-22)20-18(24)16-10-12-21(13-11-16)17(23)9-8-15-6-4-3-5-7-15/h3-9,16,22H,10-14H2,1-2H3,(H,20,24)/b9-8+. The highest BCUT2D eigenvalue weighted by atomic mass is 16.3. The fourth-order valence-corrected chi connectivity index (χ4v) is 2.67. The summed E-state index contributed by atoms with van der Waals surface area (Å²) in [6.45, 7) is 4.64. The first-order valence-corrected chi connectivity index (χ1v) is 8.36. The summed E-state index contributed by atoms with van der Waals surface area (Å²) in [5.41, 5.74) is 0.383. The number of aliphatic hydroxyl groups is 1. The monoisotopic (exact) mass is 330 g/mol. The fraction of sp³-hybridized carbons (Fsp3) is 0.474. The molecule has 0 bridgehead atoms. The van der Waals surface area contributed by atoms with Gasteiger partial charge in [0, 0.05) is 25.1 Å². The number of likely N-dealkylation sites (tertiary alicyclic amines) is 1. The molecule has 1 aliphatic rings. The molecule has 2 rings (SSSR count). The van der Waals surface area contributed by atoms with Crippen LogP contribution in [0.4, 0.5) is 0 Å². The third kappa shape index (κ3) is 5.20. The number of rotatable bonds is 5. The number of piperidine rings is 1. The Labute approximate surface area is 143 Å². The number of carbonyl (C=O) groups excluding carboxylic acids is 2. The Balaban J connectivity index is 1.83. The first kappa shape index (κ1) is 18.2. The first-order valence-electron chi connectivity index (χ1n) is 8.36. The van der Waals surface area contributed by atoms with Crippen molar-refractivity contribution in [2.24, 2.45) is 5.92 Å². The lowest BCUT2D eigenvalue weighted by Crippen LogP contribution is -2.50. The van der Waals surface area contributed by atoms with Crippen LogP contribution in [0.3, 0.4) is 0 Å². The summed E-state index contributed by atoms with van der Waals surface area (Å²) in [6, 6.07) is 9.70. The van der Waals surface area contributed by atoms with Gasteiger partial charge in [0.15, 0.2) is 0 Å². The number of carbonyl (C=O) groups is 2. The van der Waals surface area contributed by atoms with E-state index in [1.54, 1.807) is 24.8 Å². The molecule has 0 saturated carbocycles. The SMILES string of the molecule is CC(C)(CO)NC(=O)C1CCN(C(=O)/C=C/c2ccccc2)CC1. The third-order valence-corrected chi connectivity index (χ3v) is 4.25. The second-order valence-corrected chi connectivity index (χ2v) is 6.87.